The van der Waals surface area contributed by atoms with Gasteiger partial charge in [-0.05, 0) is 37.5 Å². The molecule has 9 heteroatoms. The fourth-order valence-electron chi connectivity index (χ4n) is 3.39. The summed E-state index contributed by atoms with van der Waals surface area (Å²) >= 11 is 0. The lowest BCUT2D eigenvalue weighted by Crippen LogP contribution is -2.24. The van der Waals surface area contributed by atoms with E-state index in [0.29, 0.717) is 34.9 Å². The fourth-order valence-corrected chi connectivity index (χ4v) is 3.39. The third-order valence-electron chi connectivity index (χ3n) is 5.29. The summed E-state index contributed by atoms with van der Waals surface area (Å²) < 4.78 is 15.6. The Morgan fingerprint density at radius 2 is 1.90 bits per heavy atom. The third kappa shape index (κ3) is 4.62. The number of aromatic nitrogens is 4. The molecule has 0 bridgehead atoms. The molecule has 0 amide bonds. The Hall–Kier alpha value is -2.94. The first-order valence-electron chi connectivity index (χ1n) is 10.3. The topological polar surface area (TPSA) is 108 Å². The smallest absolute Gasteiger partial charge is 0.227 e. The van der Waals surface area contributed by atoms with E-state index in [1.807, 2.05) is 11.5 Å². The van der Waals surface area contributed by atoms with Crippen molar-refractivity contribution in [3.63, 3.8) is 0 Å². The Morgan fingerprint density at radius 3 is 2.57 bits per heavy atom. The summed E-state index contributed by atoms with van der Waals surface area (Å²) in [6.07, 6.45) is 4.34. The average Bonchev–Trinajstić information content (AvgIpc) is 3.17. The van der Waals surface area contributed by atoms with Crippen molar-refractivity contribution in [2.75, 3.05) is 17.2 Å². The minimum absolute atomic E-state index is 0.00133. The predicted molar refractivity (Wildman–Crippen MR) is 115 cm³/mol. The number of nitrogens with zero attached hydrogens (tertiary/aromatic N) is 4. The highest BCUT2D eigenvalue weighted by molar-refractivity contribution is 5.84. The van der Waals surface area contributed by atoms with Crippen LogP contribution in [0.5, 0.6) is 5.75 Å². The van der Waals surface area contributed by atoms with Gasteiger partial charge in [0.25, 0.3) is 0 Å². The van der Waals surface area contributed by atoms with Gasteiger partial charge in [0.1, 0.15) is 11.6 Å². The Morgan fingerprint density at radius 1 is 1.13 bits per heavy atom. The summed E-state index contributed by atoms with van der Waals surface area (Å²) in [6, 6.07) is 3.89. The lowest BCUT2D eigenvalue weighted by Gasteiger charge is -2.18. The molecular weight excluding hydrogens is 387 g/mol. The lowest BCUT2D eigenvalue weighted by atomic mass is 10.2. The van der Waals surface area contributed by atoms with Crippen LogP contribution in [0.1, 0.15) is 51.6 Å². The number of hydrogen-bond acceptors (Lipinski definition) is 7. The Bertz CT molecular complexity index is 985. The maximum atomic E-state index is 13.6. The zero-order valence-corrected chi connectivity index (χ0v) is 17.6. The number of nitrogens with one attached hydrogen (secondary N) is 2. The summed E-state index contributed by atoms with van der Waals surface area (Å²) in [5, 5.41) is 25.9. The zero-order chi connectivity index (χ0) is 21.7. The molecule has 30 heavy (non-hydrogen) atoms. The van der Waals surface area contributed by atoms with Gasteiger partial charge in [0.15, 0.2) is 17.0 Å². The van der Waals surface area contributed by atoms with Crippen molar-refractivity contribution in [3.8, 4) is 5.75 Å². The van der Waals surface area contributed by atoms with Crippen molar-refractivity contribution in [1.82, 2.24) is 19.5 Å². The monoisotopic (exact) mass is 416 g/mol. The second-order valence-electron chi connectivity index (χ2n) is 7.25. The van der Waals surface area contributed by atoms with Crippen LogP contribution in [0.25, 0.3) is 11.2 Å². The predicted octanol–water partition coefficient (Wildman–Crippen LogP) is 3.83. The molecule has 1 atom stereocenters. The highest BCUT2D eigenvalue weighted by Gasteiger charge is 2.18. The summed E-state index contributed by atoms with van der Waals surface area (Å²) in [5.74, 6) is 0.429. The Labute approximate surface area is 175 Å². The van der Waals surface area contributed by atoms with E-state index in [1.165, 1.54) is 18.2 Å². The number of phenols is 1. The minimum atomic E-state index is -0.425. The molecule has 0 saturated heterocycles. The number of hydrogen-bond donors (Lipinski definition) is 4. The van der Waals surface area contributed by atoms with E-state index >= 15 is 0 Å². The van der Waals surface area contributed by atoms with Crippen LogP contribution in [0, 0.1) is 5.82 Å². The molecule has 0 aliphatic heterocycles. The average molecular weight is 417 g/mol. The van der Waals surface area contributed by atoms with Crippen LogP contribution in [0.3, 0.4) is 0 Å². The summed E-state index contributed by atoms with van der Waals surface area (Å²) in [4.78, 5) is 13.7. The molecule has 0 aliphatic rings. The van der Waals surface area contributed by atoms with E-state index in [0.717, 1.165) is 12.8 Å². The Balaban J connectivity index is 2.01. The van der Waals surface area contributed by atoms with Crippen molar-refractivity contribution in [3.05, 3.63) is 35.9 Å². The lowest BCUT2D eigenvalue weighted by molar-refractivity contribution is 0.271. The summed E-state index contributed by atoms with van der Waals surface area (Å²) in [6.45, 7) is 6.33. The highest BCUT2D eigenvalue weighted by Crippen LogP contribution is 2.27. The van der Waals surface area contributed by atoms with Crippen LogP contribution >= 0.6 is 0 Å². The number of halogens is 1. The second kappa shape index (κ2) is 9.71. The van der Waals surface area contributed by atoms with E-state index in [1.54, 1.807) is 6.33 Å². The van der Waals surface area contributed by atoms with Gasteiger partial charge in [-0.1, -0.05) is 20.8 Å². The quantitative estimate of drug-likeness (QED) is 0.398. The zero-order valence-electron chi connectivity index (χ0n) is 17.6. The van der Waals surface area contributed by atoms with Crippen LogP contribution in [-0.2, 0) is 6.54 Å². The molecule has 4 N–H and O–H groups in total. The van der Waals surface area contributed by atoms with E-state index in [2.05, 4.69) is 39.4 Å². The maximum absolute atomic E-state index is 13.6. The number of rotatable bonds is 10. The number of benzene rings is 1. The molecule has 0 fully saturated rings. The van der Waals surface area contributed by atoms with E-state index in [-0.39, 0.29) is 31.0 Å². The minimum Gasteiger partial charge on any atom is -0.508 e. The van der Waals surface area contributed by atoms with Gasteiger partial charge in [0.05, 0.1) is 19.0 Å². The number of anilines is 2. The molecule has 3 rings (SSSR count). The van der Waals surface area contributed by atoms with Crippen molar-refractivity contribution in [2.45, 2.75) is 58.7 Å². The van der Waals surface area contributed by atoms with Gasteiger partial charge in [-0.15, -0.1) is 0 Å². The number of fused-ring (bicyclic) bond motifs is 1. The first kappa shape index (κ1) is 21.8. The van der Waals surface area contributed by atoms with Gasteiger partial charge >= 0.3 is 0 Å². The third-order valence-corrected chi connectivity index (χ3v) is 5.29. The molecule has 0 saturated carbocycles. The first-order valence-corrected chi connectivity index (χ1v) is 10.3. The molecule has 1 unspecified atom stereocenters. The standard InChI is InChI=1S/C21H29FN6O2/c1-4-15(11-29)25-21-26-19(23-10-13-9-14(22)7-8-17(13)30)18-20(27-21)28(12-24-18)16(5-2)6-3/h7-9,12,15-16,29-30H,4-6,10-11H2,1-3H3,(H2,23,25,26,27). The van der Waals surface area contributed by atoms with Gasteiger partial charge in [0, 0.05) is 18.2 Å². The number of phenolic OH excluding ortho intramolecular Hbond substituents is 1. The van der Waals surface area contributed by atoms with E-state index in [4.69, 9.17) is 0 Å². The van der Waals surface area contributed by atoms with Gasteiger partial charge in [0.2, 0.25) is 5.95 Å². The van der Waals surface area contributed by atoms with Gasteiger partial charge < -0.3 is 25.4 Å². The fraction of sp³-hybridized carbons (Fsp3) is 0.476. The summed E-state index contributed by atoms with van der Waals surface area (Å²) in [7, 11) is 0. The van der Waals surface area contributed by atoms with Crippen molar-refractivity contribution in [2.24, 2.45) is 0 Å². The van der Waals surface area contributed by atoms with Crippen LogP contribution in [-0.4, -0.2) is 42.4 Å². The van der Waals surface area contributed by atoms with Crippen LogP contribution in [0.15, 0.2) is 24.5 Å². The second-order valence-corrected chi connectivity index (χ2v) is 7.25. The molecule has 0 radical (unpaired) electrons. The van der Waals surface area contributed by atoms with Crippen LogP contribution < -0.4 is 10.6 Å². The molecule has 8 nitrogen and oxygen atoms in total. The SMILES string of the molecule is CCC(CO)Nc1nc(NCc2cc(F)ccc2O)c2ncn(C(CC)CC)c2n1. The molecule has 0 spiro atoms. The number of imidazole rings is 1. The normalized spacial score (nSPS) is 12.5. The van der Waals surface area contributed by atoms with Gasteiger partial charge in [-0.3, -0.25) is 0 Å². The summed E-state index contributed by atoms with van der Waals surface area (Å²) in [5.41, 5.74) is 1.69. The maximum Gasteiger partial charge on any atom is 0.227 e. The first-order chi connectivity index (χ1) is 14.5. The largest absolute Gasteiger partial charge is 0.508 e. The van der Waals surface area contributed by atoms with Gasteiger partial charge in [-0.25, -0.2) is 9.37 Å². The molecule has 0 aliphatic carbocycles. The molecule has 162 valence electrons. The van der Waals surface area contributed by atoms with E-state index < -0.39 is 5.82 Å². The van der Waals surface area contributed by atoms with Crippen LogP contribution in [0.4, 0.5) is 16.2 Å². The van der Waals surface area contributed by atoms with Crippen LogP contribution in [0.2, 0.25) is 0 Å². The number of aromatic hydroxyl groups is 1. The van der Waals surface area contributed by atoms with Gasteiger partial charge in [-0.2, -0.15) is 9.97 Å². The molecule has 2 heterocycles. The molecule has 2 aromatic heterocycles. The van der Waals surface area contributed by atoms with Crippen molar-refractivity contribution < 1.29 is 14.6 Å². The molecular formula is C21H29FN6O2. The number of aliphatic hydroxyl groups is 1. The van der Waals surface area contributed by atoms with E-state index in [9.17, 15) is 14.6 Å². The molecule has 1 aromatic carbocycles. The highest BCUT2D eigenvalue weighted by atomic mass is 19.1. The Kier molecular flexibility index (Phi) is 7.04. The van der Waals surface area contributed by atoms with Crippen molar-refractivity contribution >= 4 is 22.9 Å². The van der Waals surface area contributed by atoms with Crippen molar-refractivity contribution in [1.29, 1.82) is 0 Å². The molecule has 3 aromatic rings. The number of aliphatic hydroxyl groups excluding tert-OH is 1.